The number of hydrogen-bond acceptors (Lipinski definition) is 6. The molecule has 1 aromatic carbocycles. The van der Waals surface area contributed by atoms with Crippen LogP contribution in [-0.4, -0.2) is 17.0 Å². The van der Waals surface area contributed by atoms with Gasteiger partial charge in [0.05, 0.1) is 5.39 Å². The van der Waals surface area contributed by atoms with Crippen LogP contribution in [0.25, 0.3) is 10.2 Å². The first-order valence-electron chi connectivity index (χ1n) is 6.35. The molecule has 0 unspecified atom stereocenters. The SMILES string of the molecule is CN(Cc1cccc(F)c1)c1nc(NN)nc2sccc12. The number of thiophene rings is 1. The topological polar surface area (TPSA) is 67.1 Å². The molecular weight excluding hydrogens is 289 g/mol. The molecule has 3 N–H and O–H groups in total. The summed E-state index contributed by atoms with van der Waals surface area (Å²) in [6, 6.07) is 8.50. The van der Waals surface area contributed by atoms with Gasteiger partial charge in [-0.2, -0.15) is 4.98 Å². The second-order valence-corrected chi connectivity index (χ2v) is 5.54. The molecule has 5 nitrogen and oxygen atoms in total. The zero-order valence-corrected chi connectivity index (χ0v) is 12.2. The Morgan fingerprint density at radius 1 is 1.33 bits per heavy atom. The van der Waals surface area contributed by atoms with Crippen molar-refractivity contribution >= 4 is 33.3 Å². The van der Waals surface area contributed by atoms with E-state index in [1.807, 2.05) is 29.5 Å². The highest BCUT2D eigenvalue weighted by atomic mass is 32.1. The number of nitrogens with zero attached hydrogens (tertiary/aromatic N) is 3. The lowest BCUT2D eigenvalue weighted by molar-refractivity contribution is 0.625. The molecule has 2 aromatic heterocycles. The Balaban J connectivity index is 1.97. The van der Waals surface area contributed by atoms with Crippen molar-refractivity contribution in [3.8, 4) is 0 Å². The lowest BCUT2D eigenvalue weighted by Crippen LogP contribution is -2.20. The molecule has 0 bridgehead atoms. The maximum atomic E-state index is 13.3. The van der Waals surface area contributed by atoms with Crippen molar-refractivity contribution < 1.29 is 4.39 Å². The first-order chi connectivity index (χ1) is 10.2. The van der Waals surface area contributed by atoms with E-state index in [0.717, 1.165) is 21.6 Å². The van der Waals surface area contributed by atoms with Gasteiger partial charge in [0, 0.05) is 13.6 Å². The highest BCUT2D eigenvalue weighted by Gasteiger charge is 2.13. The van der Waals surface area contributed by atoms with Crippen LogP contribution in [0.1, 0.15) is 5.56 Å². The minimum absolute atomic E-state index is 0.242. The molecule has 0 aliphatic rings. The molecule has 3 aromatic rings. The third-order valence-corrected chi connectivity index (χ3v) is 3.91. The van der Waals surface area contributed by atoms with Gasteiger partial charge in [0.1, 0.15) is 16.5 Å². The second kappa shape index (κ2) is 5.63. The van der Waals surface area contributed by atoms with Crippen LogP contribution in [0.3, 0.4) is 0 Å². The van der Waals surface area contributed by atoms with Crippen LogP contribution in [0.5, 0.6) is 0 Å². The number of nitrogen functional groups attached to an aromatic ring is 1. The van der Waals surface area contributed by atoms with Gasteiger partial charge in [-0.1, -0.05) is 12.1 Å². The number of fused-ring (bicyclic) bond motifs is 1. The van der Waals surface area contributed by atoms with Gasteiger partial charge in [0.25, 0.3) is 0 Å². The summed E-state index contributed by atoms with van der Waals surface area (Å²) in [5.74, 6) is 6.30. The van der Waals surface area contributed by atoms with Gasteiger partial charge >= 0.3 is 0 Å². The maximum Gasteiger partial charge on any atom is 0.240 e. The first-order valence-corrected chi connectivity index (χ1v) is 7.23. The molecule has 21 heavy (non-hydrogen) atoms. The van der Waals surface area contributed by atoms with Gasteiger partial charge < -0.3 is 4.90 Å². The molecule has 0 atom stereocenters. The number of benzene rings is 1. The van der Waals surface area contributed by atoms with Crippen LogP contribution in [0.2, 0.25) is 0 Å². The van der Waals surface area contributed by atoms with E-state index >= 15 is 0 Å². The van der Waals surface area contributed by atoms with Crippen LogP contribution >= 0.6 is 11.3 Å². The number of nitrogens with two attached hydrogens (primary N) is 1. The molecule has 3 rings (SSSR count). The highest BCUT2D eigenvalue weighted by Crippen LogP contribution is 2.29. The van der Waals surface area contributed by atoms with Crippen molar-refractivity contribution in [2.75, 3.05) is 17.4 Å². The van der Waals surface area contributed by atoms with Crippen LogP contribution < -0.4 is 16.2 Å². The number of hydrogen-bond donors (Lipinski definition) is 2. The number of rotatable bonds is 4. The zero-order chi connectivity index (χ0) is 14.8. The van der Waals surface area contributed by atoms with Crippen LogP contribution in [-0.2, 0) is 6.54 Å². The summed E-state index contributed by atoms with van der Waals surface area (Å²) in [5, 5.41) is 2.91. The lowest BCUT2D eigenvalue weighted by Gasteiger charge is -2.19. The Bertz CT molecular complexity index is 773. The van der Waals surface area contributed by atoms with Crippen molar-refractivity contribution in [1.82, 2.24) is 9.97 Å². The molecule has 0 spiro atoms. The van der Waals surface area contributed by atoms with E-state index < -0.39 is 0 Å². The Labute approximate surface area is 125 Å². The highest BCUT2D eigenvalue weighted by molar-refractivity contribution is 7.16. The van der Waals surface area contributed by atoms with Gasteiger partial charge in [-0.05, 0) is 29.1 Å². The molecule has 0 radical (unpaired) electrons. The molecule has 0 saturated heterocycles. The van der Waals surface area contributed by atoms with E-state index in [4.69, 9.17) is 5.84 Å². The summed E-state index contributed by atoms with van der Waals surface area (Å²) >= 11 is 1.52. The Hall–Kier alpha value is -2.25. The van der Waals surface area contributed by atoms with Crippen molar-refractivity contribution in [2.24, 2.45) is 5.84 Å². The predicted molar refractivity (Wildman–Crippen MR) is 83.7 cm³/mol. The summed E-state index contributed by atoms with van der Waals surface area (Å²) in [6.45, 7) is 0.545. The fourth-order valence-electron chi connectivity index (χ4n) is 2.18. The van der Waals surface area contributed by atoms with Gasteiger partial charge in [0.15, 0.2) is 0 Å². The predicted octanol–water partition coefficient (Wildman–Crippen LogP) is 2.75. The lowest BCUT2D eigenvalue weighted by atomic mass is 10.2. The molecule has 0 fully saturated rings. The normalized spacial score (nSPS) is 10.8. The number of anilines is 2. The zero-order valence-electron chi connectivity index (χ0n) is 11.4. The van der Waals surface area contributed by atoms with Crippen LogP contribution in [0.15, 0.2) is 35.7 Å². The minimum atomic E-state index is -0.242. The smallest absolute Gasteiger partial charge is 0.240 e. The summed E-state index contributed by atoms with van der Waals surface area (Å²) in [4.78, 5) is 11.5. The van der Waals surface area contributed by atoms with Gasteiger partial charge in [-0.3, -0.25) is 5.43 Å². The fourth-order valence-corrected chi connectivity index (χ4v) is 2.94. The summed E-state index contributed by atoms with van der Waals surface area (Å²) in [7, 11) is 1.91. The maximum absolute atomic E-state index is 13.3. The van der Waals surface area contributed by atoms with E-state index in [9.17, 15) is 4.39 Å². The summed E-state index contributed by atoms with van der Waals surface area (Å²) in [5.41, 5.74) is 3.35. The number of nitrogens with one attached hydrogen (secondary N) is 1. The molecular formula is C14H14FN5S. The van der Waals surface area contributed by atoms with Gasteiger partial charge in [0.2, 0.25) is 5.95 Å². The average Bonchev–Trinajstić information content (AvgIpc) is 2.94. The van der Waals surface area contributed by atoms with Gasteiger partial charge in [-0.25, -0.2) is 15.2 Å². The largest absolute Gasteiger partial charge is 0.355 e. The van der Waals surface area contributed by atoms with Crippen LogP contribution in [0, 0.1) is 5.82 Å². The minimum Gasteiger partial charge on any atom is -0.355 e. The average molecular weight is 303 g/mol. The third-order valence-electron chi connectivity index (χ3n) is 3.10. The number of halogens is 1. The standard InChI is InChI=1S/C14H14FN5S/c1-20(8-9-3-2-4-10(15)7-9)12-11-5-6-21-13(11)18-14(17-12)19-16/h2-7H,8,16H2,1H3,(H,17,18,19). The summed E-state index contributed by atoms with van der Waals surface area (Å²) in [6.07, 6.45) is 0. The van der Waals surface area contributed by atoms with Crippen molar-refractivity contribution in [2.45, 2.75) is 6.54 Å². The molecule has 0 aliphatic carbocycles. The molecule has 0 saturated carbocycles. The molecule has 0 amide bonds. The van der Waals surface area contributed by atoms with E-state index in [2.05, 4.69) is 15.4 Å². The molecule has 108 valence electrons. The van der Waals surface area contributed by atoms with E-state index in [0.29, 0.717) is 12.5 Å². The second-order valence-electron chi connectivity index (χ2n) is 4.64. The summed E-state index contributed by atoms with van der Waals surface area (Å²) < 4.78 is 13.3. The van der Waals surface area contributed by atoms with Crippen molar-refractivity contribution in [1.29, 1.82) is 0 Å². The molecule has 2 heterocycles. The van der Waals surface area contributed by atoms with E-state index in [1.54, 1.807) is 6.07 Å². The Morgan fingerprint density at radius 2 is 2.19 bits per heavy atom. The van der Waals surface area contributed by atoms with E-state index in [1.165, 1.54) is 23.5 Å². The quantitative estimate of drug-likeness (QED) is 0.573. The fraction of sp³-hybridized carbons (Fsp3) is 0.143. The van der Waals surface area contributed by atoms with Crippen molar-refractivity contribution in [3.63, 3.8) is 0 Å². The van der Waals surface area contributed by atoms with Crippen molar-refractivity contribution in [3.05, 3.63) is 47.1 Å². The van der Waals surface area contributed by atoms with E-state index in [-0.39, 0.29) is 5.82 Å². The molecule has 0 aliphatic heterocycles. The first kappa shape index (κ1) is 13.7. The Kier molecular flexibility index (Phi) is 3.68. The number of aromatic nitrogens is 2. The van der Waals surface area contributed by atoms with Crippen LogP contribution in [0.4, 0.5) is 16.2 Å². The Morgan fingerprint density at radius 3 is 2.95 bits per heavy atom. The molecule has 7 heteroatoms. The monoisotopic (exact) mass is 303 g/mol. The van der Waals surface area contributed by atoms with Gasteiger partial charge in [-0.15, -0.1) is 11.3 Å². The third kappa shape index (κ3) is 2.79. The number of hydrazine groups is 1.